The number of aromatic nitrogens is 2. The van der Waals surface area contributed by atoms with E-state index in [1.54, 1.807) is 6.20 Å². The molecule has 0 spiro atoms. The Kier molecular flexibility index (Phi) is 2.91. The number of benzene rings is 1. The average Bonchev–Trinajstić information content (AvgIpc) is 3.20. The Labute approximate surface area is 113 Å². The van der Waals surface area contributed by atoms with Gasteiger partial charge in [-0.1, -0.05) is 18.2 Å². The molecule has 5 heteroatoms. The molecule has 0 bridgehead atoms. The Morgan fingerprint density at radius 3 is 2.67 bits per heavy atom. The highest BCUT2D eigenvalue weighted by molar-refractivity contribution is 9.10. The zero-order chi connectivity index (χ0) is 12.5. The van der Waals surface area contributed by atoms with Crippen molar-refractivity contribution in [3.05, 3.63) is 51.4 Å². The van der Waals surface area contributed by atoms with Gasteiger partial charge in [0.25, 0.3) is 5.56 Å². The van der Waals surface area contributed by atoms with Crippen LogP contribution in [0.5, 0.6) is 0 Å². The fourth-order valence-corrected chi connectivity index (χ4v) is 2.12. The molecule has 1 N–H and O–H groups in total. The lowest BCUT2D eigenvalue weighted by Crippen LogP contribution is -2.25. The van der Waals surface area contributed by atoms with E-state index in [0.29, 0.717) is 16.2 Å². The van der Waals surface area contributed by atoms with E-state index in [-0.39, 0.29) is 5.56 Å². The number of hydrogen-bond acceptors (Lipinski definition) is 3. The van der Waals surface area contributed by atoms with Gasteiger partial charge in [-0.3, -0.25) is 4.79 Å². The summed E-state index contributed by atoms with van der Waals surface area (Å²) in [4.78, 5) is 12.4. The van der Waals surface area contributed by atoms with Gasteiger partial charge in [0.1, 0.15) is 5.69 Å². The molecule has 0 unspecified atom stereocenters. The molecule has 1 aromatic heterocycles. The van der Waals surface area contributed by atoms with Crippen molar-refractivity contribution in [2.75, 3.05) is 5.32 Å². The molecule has 1 heterocycles. The van der Waals surface area contributed by atoms with Crippen molar-refractivity contribution >= 4 is 21.6 Å². The fourth-order valence-electron chi connectivity index (χ4n) is 1.75. The molecule has 18 heavy (non-hydrogen) atoms. The van der Waals surface area contributed by atoms with E-state index in [1.807, 2.05) is 30.3 Å². The van der Waals surface area contributed by atoms with Crippen molar-refractivity contribution in [1.82, 2.24) is 9.78 Å². The maximum atomic E-state index is 12.4. The largest absolute Gasteiger partial charge is 0.377 e. The molecule has 0 amide bonds. The molecule has 4 nitrogen and oxygen atoms in total. The summed E-state index contributed by atoms with van der Waals surface area (Å²) < 4.78 is 2.13. The van der Waals surface area contributed by atoms with Gasteiger partial charge in [-0.15, -0.1) is 0 Å². The Bertz CT molecular complexity index is 620. The first-order valence-electron chi connectivity index (χ1n) is 5.85. The van der Waals surface area contributed by atoms with Gasteiger partial charge in [-0.25, -0.2) is 0 Å². The summed E-state index contributed by atoms with van der Waals surface area (Å²) in [6.07, 6.45) is 3.90. The summed E-state index contributed by atoms with van der Waals surface area (Å²) in [6.45, 7) is 0. The van der Waals surface area contributed by atoms with Gasteiger partial charge in [0.2, 0.25) is 0 Å². The molecule has 0 radical (unpaired) electrons. The van der Waals surface area contributed by atoms with Gasteiger partial charge >= 0.3 is 0 Å². The molecule has 0 saturated heterocycles. The number of nitrogens with one attached hydrogen (secondary N) is 1. The van der Waals surface area contributed by atoms with E-state index in [0.717, 1.165) is 18.5 Å². The third-order valence-corrected chi connectivity index (χ3v) is 3.46. The van der Waals surface area contributed by atoms with Crippen molar-refractivity contribution < 1.29 is 0 Å². The molecule has 0 atom stereocenters. The van der Waals surface area contributed by atoms with Crippen molar-refractivity contribution in [3.8, 4) is 5.69 Å². The third kappa shape index (κ3) is 2.18. The maximum absolute atomic E-state index is 12.4. The van der Waals surface area contributed by atoms with Crippen LogP contribution in [-0.2, 0) is 0 Å². The SMILES string of the molecule is O=c1c(NC2CC2)c(Br)cnn1-c1ccccc1. The molecule has 0 aliphatic heterocycles. The van der Waals surface area contributed by atoms with Gasteiger partial charge in [-0.05, 0) is 40.9 Å². The standard InChI is InChI=1S/C13H12BrN3O/c14-11-8-15-17(10-4-2-1-3-5-10)13(18)12(11)16-9-6-7-9/h1-5,8-9,16H,6-7H2. The predicted octanol–water partition coefficient (Wildman–Crippen LogP) is 2.57. The quantitative estimate of drug-likeness (QED) is 0.948. The van der Waals surface area contributed by atoms with Crippen molar-refractivity contribution in [2.24, 2.45) is 0 Å². The third-order valence-electron chi connectivity index (χ3n) is 2.86. The summed E-state index contributed by atoms with van der Waals surface area (Å²) in [5, 5.41) is 7.40. The minimum Gasteiger partial charge on any atom is -0.377 e. The molecule has 1 saturated carbocycles. The maximum Gasteiger partial charge on any atom is 0.295 e. The number of nitrogens with zero attached hydrogens (tertiary/aromatic N) is 2. The number of rotatable bonds is 3. The molecular formula is C13H12BrN3O. The molecular weight excluding hydrogens is 294 g/mol. The highest BCUT2D eigenvalue weighted by Crippen LogP contribution is 2.26. The Morgan fingerprint density at radius 1 is 1.28 bits per heavy atom. The second-order valence-corrected chi connectivity index (χ2v) is 5.19. The lowest BCUT2D eigenvalue weighted by Gasteiger charge is -2.09. The average molecular weight is 306 g/mol. The molecule has 3 rings (SSSR count). The summed E-state index contributed by atoms with van der Waals surface area (Å²) in [5.41, 5.74) is 1.24. The highest BCUT2D eigenvalue weighted by atomic mass is 79.9. The molecule has 1 aliphatic rings. The fraction of sp³-hybridized carbons (Fsp3) is 0.231. The zero-order valence-corrected chi connectivity index (χ0v) is 11.2. The van der Waals surface area contributed by atoms with Crippen LogP contribution in [-0.4, -0.2) is 15.8 Å². The molecule has 92 valence electrons. The van der Waals surface area contributed by atoms with E-state index in [9.17, 15) is 4.79 Å². The predicted molar refractivity (Wildman–Crippen MR) is 74.2 cm³/mol. The van der Waals surface area contributed by atoms with E-state index < -0.39 is 0 Å². The van der Waals surface area contributed by atoms with Crippen LogP contribution in [0.1, 0.15) is 12.8 Å². The lowest BCUT2D eigenvalue weighted by atomic mass is 10.3. The van der Waals surface area contributed by atoms with Gasteiger partial charge < -0.3 is 5.32 Å². The number of anilines is 1. The van der Waals surface area contributed by atoms with Crippen molar-refractivity contribution in [2.45, 2.75) is 18.9 Å². The Hall–Kier alpha value is -1.62. The molecule has 1 aromatic carbocycles. The minimum atomic E-state index is -0.123. The van der Waals surface area contributed by atoms with Crippen LogP contribution < -0.4 is 10.9 Å². The topological polar surface area (TPSA) is 46.9 Å². The number of hydrogen-bond donors (Lipinski definition) is 1. The van der Waals surface area contributed by atoms with E-state index >= 15 is 0 Å². The minimum absolute atomic E-state index is 0.123. The number of para-hydroxylation sites is 1. The van der Waals surface area contributed by atoms with Gasteiger partial charge in [0, 0.05) is 6.04 Å². The van der Waals surface area contributed by atoms with Crippen LogP contribution in [0.4, 0.5) is 5.69 Å². The summed E-state index contributed by atoms with van der Waals surface area (Å²) in [7, 11) is 0. The second kappa shape index (κ2) is 4.57. The summed E-state index contributed by atoms with van der Waals surface area (Å²) in [5.74, 6) is 0. The van der Waals surface area contributed by atoms with Crippen LogP contribution in [0.15, 0.2) is 45.8 Å². The second-order valence-electron chi connectivity index (χ2n) is 4.34. The van der Waals surface area contributed by atoms with Gasteiger partial charge in [0.05, 0.1) is 16.4 Å². The van der Waals surface area contributed by atoms with Crippen LogP contribution >= 0.6 is 15.9 Å². The number of halogens is 1. The molecule has 1 aliphatic carbocycles. The van der Waals surface area contributed by atoms with Gasteiger partial charge in [-0.2, -0.15) is 9.78 Å². The highest BCUT2D eigenvalue weighted by Gasteiger charge is 2.23. The van der Waals surface area contributed by atoms with Crippen LogP contribution in [0, 0.1) is 0 Å². The van der Waals surface area contributed by atoms with Crippen LogP contribution in [0.25, 0.3) is 5.69 Å². The van der Waals surface area contributed by atoms with E-state index in [2.05, 4.69) is 26.3 Å². The van der Waals surface area contributed by atoms with Crippen molar-refractivity contribution in [3.63, 3.8) is 0 Å². The van der Waals surface area contributed by atoms with Crippen LogP contribution in [0.2, 0.25) is 0 Å². The van der Waals surface area contributed by atoms with Crippen LogP contribution in [0.3, 0.4) is 0 Å². The zero-order valence-electron chi connectivity index (χ0n) is 9.64. The first-order chi connectivity index (χ1) is 8.75. The first kappa shape index (κ1) is 11.5. The Balaban J connectivity index is 2.08. The molecule has 1 fully saturated rings. The summed E-state index contributed by atoms with van der Waals surface area (Å²) >= 11 is 3.37. The van der Waals surface area contributed by atoms with Crippen molar-refractivity contribution in [1.29, 1.82) is 0 Å². The molecule has 2 aromatic rings. The monoisotopic (exact) mass is 305 g/mol. The normalized spacial score (nSPS) is 14.5. The Morgan fingerprint density at radius 2 is 2.00 bits per heavy atom. The lowest BCUT2D eigenvalue weighted by molar-refractivity contribution is 0.802. The first-order valence-corrected chi connectivity index (χ1v) is 6.65. The van der Waals surface area contributed by atoms with Gasteiger partial charge in [0.15, 0.2) is 0 Å². The van der Waals surface area contributed by atoms with E-state index in [4.69, 9.17) is 0 Å². The van der Waals surface area contributed by atoms with E-state index in [1.165, 1.54) is 4.68 Å². The summed E-state index contributed by atoms with van der Waals surface area (Å²) in [6, 6.07) is 9.85. The smallest absolute Gasteiger partial charge is 0.295 e.